The van der Waals surface area contributed by atoms with Gasteiger partial charge in [0.15, 0.2) is 11.6 Å². The van der Waals surface area contributed by atoms with E-state index in [9.17, 15) is 19.2 Å². The first kappa shape index (κ1) is 34.2. The van der Waals surface area contributed by atoms with Crippen molar-refractivity contribution in [3.63, 3.8) is 0 Å². The topological polar surface area (TPSA) is 113 Å². The van der Waals surface area contributed by atoms with Gasteiger partial charge in [0.25, 0.3) is 0 Å². The van der Waals surface area contributed by atoms with Crippen molar-refractivity contribution in [2.45, 2.75) is 78.4 Å². The van der Waals surface area contributed by atoms with Crippen molar-refractivity contribution in [1.82, 2.24) is 9.97 Å². The maximum Gasteiger partial charge on any atom is 0.309 e. The second-order valence-electron chi connectivity index (χ2n) is 12.5. The minimum absolute atomic E-state index is 0.0546. The van der Waals surface area contributed by atoms with Crippen molar-refractivity contribution >= 4 is 69.9 Å². The Morgan fingerprint density at radius 2 is 0.833 bits per heavy atom. The van der Waals surface area contributed by atoms with Crippen LogP contribution in [0.3, 0.4) is 0 Å². The van der Waals surface area contributed by atoms with Crippen molar-refractivity contribution in [3.8, 4) is 0 Å². The number of esters is 2. The van der Waals surface area contributed by atoms with E-state index < -0.39 is 11.2 Å². The molecule has 2 aromatic heterocycles. The molecule has 4 rings (SSSR count). The van der Waals surface area contributed by atoms with E-state index in [0.717, 1.165) is 0 Å². The summed E-state index contributed by atoms with van der Waals surface area (Å²) < 4.78 is 10.6. The SMILES string of the molecule is CC(C)(C)OC(=O)C1CC(C(=O)c2cc(Cl)nc(Cl)c2)C1.CC(C)(C)OC(=O)C1CC(C(=O)c2cc(Cl)nc(Cl)c2)C1. The summed E-state index contributed by atoms with van der Waals surface area (Å²) in [6.07, 6.45) is 2.02. The molecule has 0 aliphatic heterocycles. The molecule has 2 aliphatic rings. The third-order valence-electron chi connectivity index (χ3n) is 6.59. The van der Waals surface area contributed by atoms with Crippen molar-refractivity contribution in [3.05, 3.63) is 56.0 Å². The fourth-order valence-electron chi connectivity index (χ4n) is 4.50. The van der Waals surface area contributed by atoms with E-state index in [4.69, 9.17) is 55.9 Å². The summed E-state index contributed by atoms with van der Waals surface area (Å²) in [5.74, 6) is -1.36. The van der Waals surface area contributed by atoms with Gasteiger partial charge in [-0.15, -0.1) is 0 Å². The van der Waals surface area contributed by atoms with Gasteiger partial charge in [-0.3, -0.25) is 19.2 Å². The van der Waals surface area contributed by atoms with Crippen LogP contribution < -0.4 is 0 Å². The number of carbonyl (C=O) groups excluding carboxylic acids is 4. The zero-order valence-electron chi connectivity index (χ0n) is 24.3. The molecule has 8 nitrogen and oxygen atoms in total. The Hall–Kier alpha value is -2.26. The highest BCUT2D eigenvalue weighted by molar-refractivity contribution is 6.33. The highest BCUT2D eigenvalue weighted by atomic mass is 35.5. The lowest BCUT2D eigenvalue weighted by Crippen LogP contribution is -2.39. The first-order chi connectivity index (χ1) is 19.3. The normalized spacial score (nSPS) is 21.6. The first-order valence-corrected chi connectivity index (χ1v) is 15.0. The molecular formula is C30H34Cl4N2O6. The van der Waals surface area contributed by atoms with Gasteiger partial charge >= 0.3 is 11.9 Å². The summed E-state index contributed by atoms with van der Waals surface area (Å²) >= 11 is 23.2. The Bertz CT molecular complexity index is 1210. The summed E-state index contributed by atoms with van der Waals surface area (Å²) in [7, 11) is 0. The fraction of sp³-hybridized carbons (Fsp3) is 0.533. The van der Waals surface area contributed by atoms with Crippen molar-refractivity contribution in [2.24, 2.45) is 23.7 Å². The molecule has 0 amide bonds. The molecule has 2 aromatic rings. The number of hydrogen-bond acceptors (Lipinski definition) is 8. The lowest BCUT2D eigenvalue weighted by Gasteiger charge is -2.34. The molecule has 0 atom stereocenters. The van der Waals surface area contributed by atoms with E-state index in [1.807, 2.05) is 41.5 Å². The molecule has 42 heavy (non-hydrogen) atoms. The van der Waals surface area contributed by atoms with E-state index in [1.54, 1.807) is 0 Å². The predicted molar refractivity (Wildman–Crippen MR) is 161 cm³/mol. The van der Waals surface area contributed by atoms with Crippen LogP contribution in [0.1, 0.15) is 87.9 Å². The third-order valence-corrected chi connectivity index (χ3v) is 7.37. The number of ether oxygens (including phenoxy) is 2. The lowest BCUT2D eigenvalue weighted by molar-refractivity contribution is -0.165. The molecule has 0 bridgehead atoms. The Morgan fingerprint density at radius 3 is 1.07 bits per heavy atom. The van der Waals surface area contributed by atoms with Gasteiger partial charge in [-0.25, -0.2) is 9.97 Å². The zero-order valence-corrected chi connectivity index (χ0v) is 27.3. The van der Waals surface area contributed by atoms with Crippen molar-refractivity contribution < 1.29 is 28.7 Å². The Morgan fingerprint density at radius 1 is 0.571 bits per heavy atom. The van der Waals surface area contributed by atoms with Crippen LogP contribution >= 0.6 is 46.4 Å². The summed E-state index contributed by atoms with van der Waals surface area (Å²) in [6.45, 7) is 11.0. The molecule has 12 heteroatoms. The number of pyridine rings is 2. The van der Waals surface area contributed by atoms with Gasteiger partial charge in [0.1, 0.15) is 31.8 Å². The maximum atomic E-state index is 12.3. The highest BCUT2D eigenvalue weighted by Crippen LogP contribution is 2.39. The number of Topliss-reactive ketones (excluding diaryl/α,β-unsaturated/α-hetero) is 2. The Kier molecular flexibility index (Phi) is 11.1. The van der Waals surface area contributed by atoms with E-state index in [0.29, 0.717) is 36.8 Å². The average molecular weight is 660 g/mol. The average Bonchev–Trinajstić information content (AvgIpc) is 2.73. The molecule has 0 radical (unpaired) electrons. The van der Waals surface area contributed by atoms with Gasteiger partial charge < -0.3 is 9.47 Å². The number of nitrogens with zero attached hydrogens (tertiary/aromatic N) is 2. The molecule has 2 saturated carbocycles. The van der Waals surface area contributed by atoms with Crippen LogP contribution in [0.5, 0.6) is 0 Å². The van der Waals surface area contributed by atoms with Crippen LogP contribution in [0.4, 0.5) is 0 Å². The molecule has 0 aromatic carbocycles. The van der Waals surface area contributed by atoms with Gasteiger partial charge in [0.2, 0.25) is 0 Å². The van der Waals surface area contributed by atoms with Gasteiger partial charge in [-0.05, 0) is 91.5 Å². The van der Waals surface area contributed by atoms with Crippen molar-refractivity contribution in [1.29, 1.82) is 0 Å². The van der Waals surface area contributed by atoms with Gasteiger partial charge in [-0.2, -0.15) is 0 Å². The van der Waals surface area contributed by atoms with Crippen LogP contribution in [0.2, 0.25) is 20.6 Å². The number of ketones is 2. The second kappa shape index (κ2) is 13.6. The zero-order chi connectivity index (χ0) is 31.6. The molecule has 0 unspecified atom stereocenters. The minimum Gasteiger partial charge on any atom is -0.460 e. The number of halogens is 4. The van der Waals surface area contributed by atoms with E-state index in [2.05, 4.69) is 9.97 Å². The van der Waals surface area contributed by atoms with Crippen molar-refractivity contribution in [2.75, 3.05) is 0 Å². The van der Waals surface area contributed by atoms with Crippen LogP contribution in [0.15, 0.2) is 24.3 Å². The fourth-order valence-corrected chi connectivity index (χ4v) is 5.43. The van der Waals surface area contributed by atoms with Gasteiger partial charge in [-0.1, -0.05) is 46.4 Å². The predicted octanol–water partition coefficient (Wildman–Crippen LogP) is 7.88. The molecule has 0 saturated heterocycles. The monoisotopic (exact) mass is 658 g/mol. The molecule has 0 spiro atoms. The number of aromatic nitrogens is 2. The maximum absolute atomic E-state index is 12.3. The van der Waals surface area contributed by atoms with E-state index in [1.165, 1.54) is 24.3 Å². The number of hydrogen-bond donors (Lipinski definition) is 0. The quantitative estimate of drug-likeness (QED) is 0.175. The van der Waals surface area contributed by atoms with Crippen LogP contribution in [-0.4, -0.2) is 44.7 Å². The summed E-state index contributed by atoms with van der Waals surface area (Å²) in [5.41, 5.74) is -0.128. The highest BCUT2D eigenvalue weighted by Gasteiger charge is 2.42. The van der Waals surface area contributed by atoms with E-state index >= 15 is 0 Å². The summed E-state index contributed by atoms with van der Waals surface area (Å²) in [4.78, 5) is 55.9. The summed E-state index contributed by atoms with van der Waals surface area (Å²) in [5, 5.41) is 0.755. The second-order valence-corrected chi connectivity index (χ2v) is 14.1. The molecule has 2 aliphatic carbocycles. The molecular weight excluding hydrogens is 626 g/mol. The Balaban J connectivity index is 0.000000230. The van der Waals surface area contributed by atoms with Crippen LogP contribution in [0.25, 0.3) is 0 Å². The van der Waals surface area contributed by atoms with Gasteiger partial charge in [0.05, 0.1) is 11.8 Å². The van der Waals surface area contributed by atoms with E-state index in [-0.39, 0.29) is 67.8 Å². The summed E-state index contributed by atoms with van der Waals surface area (Å²) in [6, 6.07) is 5.99. The largest absolute Gasteiger partial charge is 0.460 e. The smallest absolute Gasteiger partial charge is 0.309 e. The number of rotatable bonds is 6. The molecule has 228 valence electrons. The van der Waals surface area contributed by atoms with Crippen LogP contribution in [0, 0.1) is 23.7 Å². The molecule has 2 heterocycles. The minimum atomic E-state index is -0.502. The lowest BCUT2D eigenvalue weighted by atomic mass is 9.71. The molecule has 2 fully saturated rings. The first-order valence-electron chi connectivity index (χ1n) is 13.5. The Labute approximate surface area is 265 Å². The third kappa shape index (κ3) is 9.90. The molecule has 0 N–H and O–H groups in total. The number of carbonyl (C=O) groups is 4. The standard InChI is InChI=1S/2C15H17Cl2NO3/c2*1-15(2,3)21-14(20)10-4-8(5-10)13(19)9-6-11(16)18-12(17)7-9/h2*6-8,10H,4-5H2,1-3H3. The van der Waals surface area contributed by atoms with Gasteiger partial charge in [0, 0.05) is 23.0 Å². The van der Waals surface area contributed by atoms with Crippen LogP contribution in [-0.2, 0) is 19.1 Å².